The lowest BCUT2D eigenvalue weighted by Gasteiger charge is -2.43. The average molecular weight is 234 g/mol. The Balaban J connectivity index is 1.96. The Bertz CT molecular complexity index is 290. The fourth-order valence-electron chi connectivity index (χ4n) is 3.55. The molecule has 3 unspecified atom stereocenters. The summed E-state index contributed by atoms with van der Waals surface area (Å²) in [5.41, 5.74) is 0.412. The van der Waals surface area contributed by atoms with E-state index in [1.165, 1.54) is 44.9 Å². The van der Waals surface area contributed by atoms with Gasteiger partial charge in [-0.2, -0.15) is 5.26 Å². The summed E-state index contributed by atoms with van der Waals surface area (Å²) in [7, 11) is 0. The van der Waals surface area contributed by atoms with Gasteiger partial charge in [0.05, 0.1) is 12.0 Å². The summed E-state index contributed by atoms with van der Waals surface area (Å²) in [6.45, 7) is 4.77. The smallest absolute Gasteiger partial charge is 0.0672 e. The standard InChI is InChI=1S/C15H26N2/c1-15(2)10-6-5-9-14(15)17-13-8-4-3-7-12(13)11-16/h12-14,17H,3-10H2,1-2H3. The Morgan fingerprint density at radius 1 is 1.06 bits per heavy atom. The molecule has 0 heterocycles. The molecule has 0 aliphatic heterocycles. The maximum absolute atomic E-state index is 9.23. The van der Waals surface area contributed by atoms with E-state index in [2.05, 4.69) is 25.2 Å². The highest BCUT2D eigenvalue weighted by Gasteiger charge is 2.35. The van der Waals surface area contributed by atoms with Gasteiger partial charge in [-0.3, -0.25) is 0 Å². The van der Waals surface area contributed by atoms with Gasteiger partial charge in [0.25, 0.3) is 0 Å². The Kier molecular flexibility index (Phi) is 4.09. The second-order valence-corrected chi connectivity index (χ2v) is 6.58. The van der Waals surface area contributed by atoms with Crippen LogP contribution in [0, 0.1) is 22.7 Å². The SMILES string of the molecule is CC1(C)CCCCC1NC1CCCCC1C#N. The van der Waals surface area contributed by atoms with Crippen LogP contribution in [0.3, 0.4) is 0 Å². The van der Waals surface area contributed by atoms with E-state index in [9.17, 15) is 5.26 Å². The van der Waals surface area contributed by atoms with Crippen molar-refractivity contribution in [2.45, 2.75) is 77.3 Å². The molecule has 96 valence electrons. The van der Waals surface area contributed by atoms with Crippen molar-refractivity contribution in [2.24, 2.45) is 11.3 Å². The van der Waals surface area contributed by atoms with Crippen molar-refractivity contribution in [3.8, 4) is 6.07 Å². The second kappa shape index (κ2) is 5.40. The van der Waals surface area contributed by atoms with Crippen molar-refractivity contribution in [3.63, 3.8) is 0 Å². The fourth-order valence-corrected chi connectivity index (χ4v) is 3.55. The van der Waals surface area contributed by atoms with Crippen molar-refractivity contribution < 1.29 is 0 Å². The molecule has 0 aromatic rings. The molecule has 2 nitrogen and oxygen atoms in total. The highest BCUT2D eigenvalue weighted by Crippen LogP contribution is 2.37. The second-order valence-electron chi connectivity index (χ2n) is 6.58. The quantitative estimate of drug-likeness (QED) is 0.792. The zero-order valence-electron chi connectivity index (χ0n) is 11.3. The van der Waals surface area contributed by atoms with Gasteiger partial charge in [-0.1, -0.05) is 39.5 Å². The largest absolute Gasteiger partial charge is 0.309 e. The first-order valence-corrected chi connectivity index (χ1v) is 7.29. The van der Waals surface area contributed by atoms with Crippen LogP contribution in [0.5, 0.6) is 0 Å². The monoisotopic (exact) mass is 234 g/mol. The summed E-state index contributed by atoms with van der Waals surface area (Å²) in [6, 6.07) is 3.58. The molecule has 0 aromatic carbocycles. The summed E-state index contributed by atoms with van der Waals surface area (Å²) in [6.07, 6.45) is 10.2. The van der Waals surface area contributed by atoms with E-state index in [0.29, 0.717) is 17.5 Å². The van der Waals surface area contributed by atoms with Crippen molar-refractivity contribution >= 4 is 0 Å². The van der Waals surface area contributed by atoms with Gasteiger partial charge in [0.2, 0.25) is 0 Å². The topological polar surface area (TPSA) is 35.8 Å². The maximum atomic E-state index is 9.23. The average Bonchev–Trinajstić information content (AvgIpc) is 2.32. The van der Waals surface area contributed by atoms with Gasteiger partial charge < -0.3 is 5.32 Å². The van der Waals surface area contributed by atoms with Crippen LogP contribution in [0.15, 0.2) is 0 Å². The van der Waals surface area contributed by atoms with Crippen molar-refractivity contribution in [1.82, 2.24) is 5.32 Å². The number of hydrogen-bond donors (Lipinski definition) is 1. The minimum absolute atomic E-state index is 0.251. The third-order valence-electron chi connectivity index (χ3n) is 4.85. The lowest BCUT2D eigenvalue weighted by molar-refractivity contribution is 0.137. The van der Waals surface area contributed by atoms with Crippen LogP contribution in [0.25, 0.3) is 0 Å². The molecule has 1 N–H and O–H groups in total. The van der Waals surface area contributed by atoms with Gasteiger partial charge >= 0.3 is 0 Å². The van der Waals surface area contributed by atoms with Crippen LogP contribution in [-0.4, -0.2) is 12.1 Å². The Morgan fingerprint density at radius 2 is 1.76 bits per heavy atom. The highest BCUT2D eigenvalue weighted by molar-refractivity contribution is 4.98. The van der Waals surface area contributed by atoms with Crippen LogP contribution in [0.1, 0.15) is 65.2 Å². The molecule has 2 rings (SSSR count). The Hall–Kier alpha value is -0.550. The minimum Gasteiger partial charge on any atom is -0.309 e. The molecule has 17 heavy (non-hydrogen) atoms. The molecule has 2 aliphatic carbocycles. The first kappa shape index (κ1) is 12.9. The summed E-state index contributed by atoms with van der Waals surface area (Å²) in [5.74, 6) is 0.251. The van der Waals surface area contributed by atoms with Crippen molar-refractivity contribution in [1.29, 1.82) is 5.26 Å². The summed E-state index contributed by atoms with van der Waals surface area (Å²) < 4.78 is 0. The van der Waals surface area contributed by atoms with E-state index in [1.54, 1.807) is 0 Å². The van der Waals surface area contributed by atoms with Crippen LogP contribution >= 0.6 is 0 Å². The Morgan fingerprint density at radius 3 is 2.47 bits per heavy atom. The fraction of sp³-hybridized carbons (Fsp3) is 0.933. The molecule has 2 saturated carbocycles. The molecule has 3 atom stereocenters. The lowest BCUT2D eigenvalue weighted by atomic mass is 9.72. The Labute approximate surface area is 106 Å². The van der Waals surface area contributed by atoms with Gasteiger partial charge in [0.15, 0.2) is 0 Å². The molecular weight excluding hydrogens is 208 g/mol. The third-order valence-corrected chi connectivity index (χ3v) is 4.85. The zero-order valence-corrected chi connectivity index (χ0v) is 11.3. The minimum atomic E-state index is 0.251. The zero-order chi connectivity index (χ0) is 12.3. The van der Waals surface area contributed by atoms with E-state index in [0.717, 1.165) is 6.42 Å². The normalized spacial score (nSPS) is 37.4. The van der Waals surface area contributed by atoms with E-state index in [-0.39, 0.29) is 5.92 Å². The molecule has 0 saturated heterocycles. The highest BCUT2D eigenvalue weighted by atomic mass is 15.0. The summed E-state index contributed by atoms with van der Waals surface area (Å²) in [5, 5.41) is 13.1. The van der Waals surface area contributed by atoms with Gasteiger partial charge in [-0.15, -0.1) is 0 Å². The van der Waals surface area contributed by atoms with E-state index >= 15 is 0 Å². The van der Waals surface area contributed by atoms with Crippen LogP contribution in [0.4, 0.5) is 0 Å². The summed E-state index contributed by atoms with van der Waals surface area (Å²) >= 11 is 0. The molecule has 2 fully saturated rings. The predicted octanol–water partition coefficient (Wildman–Crippen LogP) is 3.63. The van der Waals surface area contributed by atoms with Crippen molar-refractivity contribution in [2.75, 3.05) is 0 Å². The first-order valence-electron chi connectivity index (χ1n) is 7.29. The van der Waals surface area contributed by atoms with Gasteiger partial charge in [-0.05, 0) is 31.1 Å². The molecule has 0 amide bonds. The van der Waals surface area contributed by atoms with Gasteiger partial charge in [-0.25, -0.2) is 0 Å². The van der Waals surface area contributed by atoms with E-state index in [4.69, 9.17) is 0 Å². The molecule has 0 bridgehead atoms. The number of nitrogens with zero attached hydrogens (tertiary/aromatic N) is 1. The van der Waals surface area contributed by atoms with Crippen LogP contribution in [-0.2, 0) is 0 Å². The summed E-state index contributed by atoms with van der Waals surface area (Å²) in [4.78, 5) is 0. The van der Waals surface area contributed by atoms with Crippen LogP contribution in [0.2, 0.25) is 0 Å². The van der Waals surface area contributed by atoms with Gasteiger partial charge in [0, 0.05) is 12.1 Å². The third kappa shape index (κ3) is 3.01. The molecule has 2 aliphatic rings. The predicted molar refractivity (Wildman–Crippen MR) is 70.5 cm³/mol. The number of rotatable bonds is 2. The number of nitriles is 1. The molecule has 0 radical (unpaired) electrons. The van der Waals surface area contributed by atoms with E-state index < -0.39 is 0 Å². The van der Waals surface area contributed by atoms with Crippen molar-refractivity contribution in [3.05, 3.63) is 0 Å². The molecular formula is C15H26N2. The van der Waals surface area contributed by atoms with Gasteiger partial charge in [0.1, 0.15) is 0 Å². The number of nitrogens with one attached hydrogen (secondary N) is 1. The molecule has 0 spiro atoms. The lowest BCUT2D eigenvalue weighted by Crippen LogP contribution is -2.51. The molecule has 2 heteroatoms. The van der Waals surface area contributed by atoms with Crippen LogP contribution < -0.4 is 5.32 Å². The number of hydrogen-bond acceptors (Lipinski definition) is 2. The first-order chi connectivity index (χ1) is 8.13. The molecule has 0 aromatic heterocycles. The van der Waals surface area contributed by atoms with E-state index in [1.807, 2.05) is 0 Å². The maximum Gasteiger partial charge on any atom is 0.0672 e.